The van der Waals surface area contributed by atoms with E-state index in [0.29, 0.717) is 37.9 Å². The molecular formula is C30H35BrN2O6. The average molecular weight is 600 g/mol. The van der Waals surface area contributed by atoms with Gasteiger partial charge in [-0.15, -0.1) is 6.58 Å². The Morgan fingerprint density at radius 2 is 2.00 bits per heavy atom. The summed E-state index contributed by atoms with van der Waals surface area (Å²) in [5.74, 6) is -2.52. The molecule has 0 aromatic heterocycles. The van der Waals surface area contributed by atoms with Crippen LogP contribution in [0.15, 0.2) is 55.1 Å². The number of alkyl halides is 1. The third-order valence-electron chi connectivity index (χ3n) is 8.26. The Balaban J connectivity index is 1.56. The van der Waals surface area contributed by atoms with Gasteiger partial charge < -0.3 is 24.4 Å². The van der Waals surface area contributed by atoms with Gasteiger partial charge in [-0.3, -0.25) is 14.4 Å². The molecule has 0 aliphatic carbocycles. The molecule has 3 aliphatic heterocycles. The van der Waals surface area contributed by atoms with Gasteiger partial charge in [0.1, 0.15) is 11.6 Å². The quantitative estimate of drug-likeness (QED) is 0.183. The summed E-state index contributed by atoms with van der Waals surface area (Å²) < 4.78 is 11.9. The normalized spacial score (nSPS) is 29.1. The lowest BCUT2D eigenvalue weighted by molar-refractivity contribution is -0.154. The number of rotatable bonds is 11. The Morgan fingerprint density at radius 1 is 1.23 bits per heavy atom. The fraction of sp³-hybridized carbons (Fsp3) is 0.500. The third-order valence-corrected chi connectivity index (χ3v) is 9.11. The molecule has 2 aromatic rings. The van der Waals surface area contributed by atoms with E-state index in [9.17, 15) is 19.5 Å². The molecule has 0 radical (unpaired) electrons. The van der Waals surface area contributed by atoms with Gasteiger partial charge in [-0.1, -0.05) is 52.3 Å². The molecule has 3 unspecified atom stereocenters. The lowest BCUT2D eigenvalue weighted by Gasteiger charge is -2.37. The highest BCUT2D eigenvalue weighted by Gasteiger charge is 2.77. The van der Waals surface area contributed by atoms with Crippen molar-refractivity contribution in [1.29, 1.82) is 0 Å². The van der Waals surface area contributed by atoms with Gasteiger partial charge in [0.2, 0.25) is 5.91 Å². The Kier molecular flexibility index (Phi) is 8.12. The minimum absolute atomic E-state index is 0.0684. The van der Waals surface area contributed by atoms with Crippen molar-refractivity contribution in [2.75, 3.05) is 31.2 Å². The van der Waals surface area contributed by atoms with E-state index in [1.165, 1.54) is 0 Å². The van der Waals surface area contributed by atoms with Crippen LogP contribution in [0, 0.1) is 11.8 Å². The van der Waals surface area contributed by atoms with Crippen molar-refractivity contribution >= 4 is 50.2 Å². The van der Waals surface area contributed by atoms with E-state index < -0.39 is 35.6 Å². The summed E-state index contributed by atoms with van der Waals surface area (Å²) in [6, 6.07) is 12.9. The summed E-state index contributed by atoms with van der Waals surface area (Å²) in [5.41, 5.74) is -0.437. The highest BCUT2D eigenvalue weighted by atomic mass is 79.9. The van der Waals surface area contributed by atoms with Crippen LogP contribution in [0.25, 0.3) is 10.8 Å². The molecule has 6 atom stereocenters. The molecule has 39 heavy (non-hydrogen) atoms. The summed E-state index contributed by atoms with van der Waals surface area (Å²) in [5, 5.41) is 11.3. The number of unbranched alkanes of at least 4 members (excludes halogenated alkanes) is 2. The predicted octanol–water partition coefficient (Wildman–Crippen LogP) is 3.83. The SMILES string of the molecule is C=CCN(C(=O)C1N(CCCCCO)C(=O)[C@@H]2[C@@H](C(=O)OCC)[C@@H]3OC12CC3Br)c1ccc2ccccc2c1. The molecule has 3 fully saturated rings. The Bertz CT molecular complexity index is 1270. The summed E-state index contributed by atoms with van der Waals surface area (Å²) in [6.45, 7) is 6.48. The van der Waals surface area contributed by atoms with Crippen LogP contribution in [0.3, 0.4) is 0 Å². The number of hydrogen-bond donors (Lipinski definition) is 1. The number of halogens is 1. The zero-order chi connectivity index (χ0) is 27.7. The first kappa shape index (κ1) is 27.8. The van der Waals surface area contributed by atoms with Gasteiger partial charge in [-0.25, -0.2) is 0 Å². The Labute approximate surface area is 237 Å². The smallest absolute Gasteiger partial charge is 0.312 e. The second-order valence-electron chi connectivity index (χ2n) is 10.5. The lowest BCUT2D eigenvalue weighted by Crippen LogP contribution is -2.57. The topological polar surface area (TPSA) is 96.4 Å². The molecule has 0 saturated carbocycles. The number of ether oxygens (including phenoxy) is 2. The molecule has 9 heteroatoms. The van der Waals surface area contributed by atoms with Crippen molar-refractivity contribution in [1.82, 2.24) is 4.90 Å². The summed E-state index contributed by atoms with van der Waals surface area (Å²) in [4.78, 5) is 44.8. The fourth-order valence-corrected chi connectivity index (χ4v) is 7.61. The summed E-state index contributed by atoms with van der Waals surface area (Å²) in [6.07, 6.45) is 3.52. The average Bonchev–Trinajstić information content (AvgIpc) is 3.52. The number of esters is 1. The standard InChI is InChI=1S/C30H35BrN2O6/c1-3-14-32(21-13-12-19-10-6-7-11-20(19)17-21)28(36)26-30-18-22(31)25(39-30)23(29(37)38-4-2)24(30)27(35)33(26)15-8-5-9-16-34/h3,6-7,10-13,17,22-26,34H,1,4-5,8-9,14-16,18H2,2H3/t22?,23-,24+,25-,26?,30?/m1/s1. The number of benzene rings is 2. The number of fused-ring (bicyclic) bond motifs is 2. The number of amides is 2. The van der Waals surface area contributed by atoms with Gasteiger partial charge in [0.05, 0.1) is 24.5 Å². The van der Waals surface area contributed by atoms with Crippen molar-refractivity contribution in [3.05, 3.63) is 55.1 Å². The van der Waals surface area contributed by atoms with Gasteiger partial charge in [0.15, 0.2) is 0 Å². The number of anilines is 1. The van der Waals surface area contributed by atoms with E-state index in [4.69, 9.17) is 9.47 Å². The summed E-state index contributed by atoms with van der Waals surface area (Å²) in [7, 11) is 0. The van der Waals surface area contributed by atoms with E-state index in [0.717, 1.165) is 10.8 Å². The van der Waals surface area contributed by atoms with Crippen LogP contribution in [0.2, 0.25) is 0 Å². The number of carbonyl (C=O) groups is 3. The molecule has 2 aromatic carbocycles. The fourth-order valence-electron chi connectivity index (χ4n) is 6.67. The van der Waals surface area contributed by atoms with E-state index >= 15 is 0 Å². The van der Waals surface area contributed by atoms with E-state index in [1.54, 1.807) is 22.8 Å². The minimum atomic E-state index is -1.14. The number of hydrogen-bond acceptors (Lipinski definition) is 6. The van der Waals surface area contributed by atoms with Crippen LogP contribution in [-0.2, 0) is 23.9 Å². The first-order valence-electron chi connectivity index (χ1n) is 13.7. The molecule has 208 valence electrons. The molecular weight excluding hydrogens is 564 g/mol. The lowest BCUT2D eigenvalue weighted by atomic mass is 9.70. The van der Waals surface area contributed by atoms with Crippen LogP contribution in [0.5, 0.6) is 0 Å². The Hall–Kier alpha value is -2.75. The van der Waals surface area contributed by atoms with Crippen molar-refractivity contribution < 1.29 is 29.0 Å². The van der Waals surface area contributed by atoms with Gasteiger partial charge in [-0.05, 0) is 55.5 Å². The van der Waals surface area contributed by atoms with E-state index in [-0.39, 0.29) is 36.4 Å². The molecule has 1 spiro atoms. The van der Waals surface area contributed by atoms with Gasteiger partial charge in [0, 0.05) is 30.2 Å². The molecule has 5 rings (SSSR count). The third kappa shape index (κ3) is 4.68. The van der Waals surface area contributed by atoms with Crippen LogP contribution in [0.1, 0.15) is 32.6 Å². The zero-order valence-electron chi connectivity index (χ0n) is 22.1. The maximum atomic E-state index is 14.6. The summed E-state index contributed by atoms with van der Waals surface area (Å²) >= 11 is 3.68. The van der Waals surface area contributed by atoms with Crippen molar-refractivity contribution in [3.63, 3.8) is 0 Å². The molecule has 1 N–H and O–H groups in total. The molecule has 3 aliphatic rings. The number of aliphatic hydroxyl groups excluding tert-OH is 1. The van der Waals surface area contributed by atoms with Crippen molar-refractivity contribution in [2.24, 2.45) is 11.8 Å². The number of aliphatic hydroxyl groups is 1. The second kappa shape index (κ2) is 11.4. The molecule has 2 bridgehead atoms. The first-order valence-corrected chi connectivity index (χ1v) is 14.6. The monoisotopic (exact) mass is 598 g/mol. The Morgan fingerprint density at radius 3 is 2.72 bits per heavy atom. The van der Waals surface area contributed by atoms with E-state index in [1.807, 2.05) is 42.5 Å². The van der Waals surface area contributed by atoms with E-state index in [2.05, 4.69) is 22.5 Å². The van der Waals surface area contributed by atoms with Crippen LogP contribution in [-0.4, -0.2) is 76.7 Å². The number of likely N-dealkylation sites (tertiary alicyclic amines) is 1. The van der Waals surface area contributed by atoms with Crippen molar-refractivity contribution in [3.8, 4) is 0 Å². The van der Waals surface area contributed by atoms with Crippen LogP contribution < -0.4 is 4.90 Å². The van der Waals surface area contributed by atoms with Crippen LogP contribution >= 0.6 is 15.9 Å². The molecule has 3 saturated heterocycles. The zero-order valence-corrected chi connectivity index (χ0v) is 23.7. The second-order valence-corrected chi connectivity index (χ2v) is 11.7. The molecule has 3 heterocycles. The predicted molar refractivity (Wildman–Crippen MR) is 151 cm³/mol. The van der Waals surface area contributed by atoms with Gasteiger partial charge in [0.25, 0.3) is 5.91 Å². The van der Waals surface area contributed by atoms with Gasteiger partial charge in [-0.2, -0.15) is 0 Å². The minimum Gasteiger partial charge on any atom is -0.466 e. The highest BCUT2D eigenvalue weighted by Crippen LogP contribution is 2.60. The largest absolute Gasteiger partial charge is 0.466 e. The number of carbonyl (C=O) groups excluding carboxylic acids is 3. The van der Waals surface area contributed by atoms with Gasteiger partial charge >= 0.3 is 5.97 Å². The molecule has 8 nitrogen and oxygen atoms in total. The highest BCUT2D eigenvalue weighted by molar-refractivity contribution is 9.09. The first-order chi connectivity index (χ1) is 18.9. The maximum Gasteiger partial charge on any atom is 0.312 e. The maximum absolute atomic E-state index is 14.6. The van der Waals surface area contributed by atoms with Crippen LogP contribution in [0.4, 0.5) is 5.69 Å². The molecule has 2 amide bonds. The number of nitrogens with zero attached hydrogens (tertiary/aromatic N) is 2. The van der Waals surface area contributed by atoms with Crippen molar-refractivity contribution in [2.45, 2.75) is 55.2 Å².